The number of para-hydroxylation sites is 2. The summed E-state index contributed by atoms with van der Waals surface area (Å²) in [6.07, 6.45) is 2.83. The van der Waals surface area contributed by atoms with Gasteiger partial charge >= 0.3 is 10.2 Å². The highest BCUT2D eigenvalue weighted by Gasteiger charge is 2.41. The number of benzene rings is 2. The fourth-order valence-corrected chi connectivity index (χ4v) is 5.50. The minimum Gasteiger partial charge on any atom is -0.317 e. The van der Waals surface area contributed by atoms with E-state index in [0.717, 1.165) is 48.8 Å². The third-order valence-corrected chi connectivity index (χ3v) is 7.02. The van der Waals surface area contributed by atoms with Gasteiger partial charge in [0.15, 0.2) is 11.6 Å². The smallest absolute Gasteiger partial charge is 0.317 e. The molecular formula is C19H21F2N3O2S. The first-order chi connectivity index (χ1) is 13.0. The molecule has 0 aliphatic carbocycles. The molecule has 0 atom stereocenters. The molecule has 0 bridgehead atoms. The Labute approximate surface area is 157 Å². The van der Waals surface area contributed by atoms with E-state index in [0.29, 0.717) is 23.8 Å². The third kappa shape index (κ3) is 3.27. The molecule has 2 aromatic rings. The minimum atomic E-state index is -3.91. The van der Waals surface area contributed by atoms with Gasteiger partial charge in [-0.25, -0.2) is 13.1 Å². The van der Waals surface area contributed by atoms with E-state index in [-0.39, 0.29) is 5.69 Å². The second-order valence-electron chi connectivity index (χ2n) is 6.91. The lowest BCUT2D eigenvalue weighted by Crippen LogP contribution is -2.37. The van der Waals surface area contributed by atoms with Crippen LogP contribution in [0.25, 0.3) is 0 Å². The van der Waals surface area contributed by atoms with Crippen LogP contribution in [0.3, 0.4) is 0 Å². The number of halogens is 2. The predicted molar refractivity (Wildman–Crippen MR) is 101 cm³/mol. The monoisotopic (exact) mass is 393 g/mol. The van der Waals surface area contributed by atoms with Crippen molar-refractivity contribution in [2.75, 3.05) is 28.2 Å². The Bertz CT molecular complexity index is 946. The first-order valence-corrected chi connectivity index (χ1v) is 10.5. The van der Waals surface area contributed by atoms with Crippen LogP contribution in [0.5, 0.6) is 0 Å². The van der Waals surface area contributed by atoms with Gasteiger partial charge in [-0.2, -0.15) is 8.42 Å². The molecule has 27 heavy (non-hydrogen) atoms. The minimum absolute atomic E-state index is 0.0886. The fraction of sp³-hybridized carbons (Fsp3) is 0.368. The lowest BCUT2D eigenvalue weighted by Gasteiger charge is -2.26. The molecule has 1 fully saturated rings. The first kappa shape index (κ1) is 18.2. The average molecular weight is 393 g/mol. The molecule has 144 valence electrons. The second kappa shape index (κ2) is 7.09. The van der Waals surface area contributed by atoms with Crippen LogP contribution in [0, 0.1) is 17.6 Å². The van der Waals surface area contributed by atoms with Crippen LogP contribution in [0.4, 0.5) is 25.8 Å². The Hall–Kier alpha value is -2.19. The normalized spacial score (nSPS) is 19.3. The Morgan fingerprint density at radius 3 is 2.41 bits per heavy atom. The largest absolute Gasteiger partial charge is 0.330 e. The first-order valence-electron chi connectivity index (χ1n) is 9.06. The summed E-state index contributed by atoms with van der Waals surface area (Å²) < 4.78 is 56.0. The van der Waals surface area contributed by atoms with Crippen molar-refractivity contribution in [1.29, 1.82) is 0 Å². The van der Waals surface area contributed by atoms with Crippen molar-refractivity contribution < 1.29 is 17.2 Å². The quantitative estimate of drug-likeness (QED) is 0.864. The number of nitrogens with one attached hydrogen (secondary N) is 1. The number of hydrogen-bond acceptors (Lipinski definition) is 3. The van der Waals surface area contributed by atoms with Crippen molar-refractivity contribution in [1.82, 2.24) is 5.32 Å². The van der Waals surface area contributed by atoms with Gasteiger partial charge in [0.05, 0.1) is 17.1 Å². The van der Waals surface area contributed by atoms with E-state index in [4.69, 9.17) is 0 Å². The van der Waals surface area contributed by atoms with Crippen LogP contribution in [0.2, 0.25) is 0 Å². The fourth-order valence-electron chi connectivity index (χ4n) is 3.78. The van der Waals surface area contributed by atoms with E-state index >= 15 is 0 Å². The Morgan fingerprint density at radius 2 is 1.70 bits per heavy atom. The number of hydrogen-bond donors (Lipinski definition) is 1. The van der Waals surface area contributed by atoms with E-state index in [1.165, 1.54) is 10.4 Å². The molecular weight excluding hydrogens is 372 g/mol. The number of fused-ring (bicyclic) bond motifs is 1. The number of rotatable bonds is 4. The molecule has 2 aliphatic heterocycles. The maximum atomic E-state index is 13.7. The molecule has 2 aromatic carbocycles. The number of nitrogens with zero attached hydrogens (tertiary/aromatic N) is 2. The lowest BCUT2D eigenvalue weighted by atomic mass is 9.95. The molecule has 0 aromatic heterocycles. The van der Waals surface area contributed by atoms with Crippen LogP contribution < -0.4 is 13.9 Å². The summed E-state index contributed by atoms with van der Waals surface area (Å²) in [7, 11) is -3.91. The van der Waals surface area contributed by atoms with E-state index in [1.54, 1.807) is 24.3 Å². The Morgan fingerprint density at radius 1 is 1.00 bits per heavy atom. The molecule has 4 rings (SSSR count). The number of piperidine rings is 1. The van der Waals surface area contributed by atoms with Gasteiger partial charge < -0.3 is 5.32 Å². The van der Waals surface area contributed by atoms with Crippen molar-refractivity contribution in [3.8, 4) is 0 Å². The summed E-state index contributed by atoms with van der Waals surface area (Å²) in [4.78, 5) is 0. The van der Waals surface area contributed by atoms with Crippen LogP contribution in [0.15, 0.2) is 42.5 Å². The molecule has 0 radical (unpaired) electrons. The molecule has 0 spiro atoms. The molecule has 2 heterocycles. The highest BCUT2D eigenvalue weighted by atomic mass is 32.2. The standard InChI is InChI=1S/C19H21F2N3O2S/c20-16-6-5-15(13-17(16)21)24-19-4-2-1-3-18(19)23(27(24,25)26)12-9-14-7-10-22-11-8-14/h1-6,13-14,22H,7-12H2. The maximum absolute atomic E-state index is 13.7. The number of anilines is 3. The third-order valence-electron chi connectivity index (χ3n) is 5.22. The van der Waals surface area contributed by atoms with Gasteiger partial charge in [-0.3, -0.25) is 4.31 Å². The molecule has 5 nitrogen and oxygen atoms in total. The van der Waals surface area contributed by atoms with Crippen molar-refractivity contribution in [3.63, 3.8) is 0 Å². The highest BCUT2D eigenvalue weighted by molar-refractivity contribution is 7.95. The summed E-state index contributed by atoms with van der Waals surface area (Å²) in [5.74, 6) is -1.61. The zero-order valence-corrected chi connectivity index (χ0v) is 15.6. The van der Waals surface area contributed by atoms with Crippen LogP contribution in [-0.4, -0.2) is 28.1 Å². The van der Waals surface area contributed by atoms with E-state index in [2.05, 4.69) is 5.32 Å². The summed E-state index contributed by atoms with van der Waals surface area (Å²) in [6, 6.07) is 10.1. The van der Waals surface area contributed by atoms with E-state index in [9.17, 15) is 17.2 Å². The summed E-state index contributed by atoms with van der Waals surface area (Å²) in [6.45, 7) is 2.27. The molecule has 1 saturated heterocycles. The molecule has 2 aliphatic rings. The molecule has 0 amide bonds. The van der Waals surface area contributed by atoms with Crippen LogP contribution in [0.1, 0.15) is 19.3 Å². The predicted octanol–water partition coefficient (Wildman–Crippen LogP) is 3.56. The van der Waals surface area contributed by atoms with Gasteiger partial charge in [0.25, 0.3) is 0 Å². The van der Waals surface area contributed by atoms with Crippen LogP contribution >= 0.6 is 0 Å². The zero-order chi connectivity index (χ0) is 19.0. The molecule has 0 unspecified atom stereocenters. The van der Waals surface area contributed by atoms with Gasteiger partial charge in [-0.1, -0.05) is 12.1 Å². The van der Waals surface area contributed by atoms with Gasteiger partial charge in [0.1, 0.15) is 0 Å². The van der Waals surface area contributed by atoms with E-state index < -0.39 is 21.8 Å². The average Bonchev–Trinajstić information content (AvgIpc) is 2.89. The van der Waals surface area contributed by atoms with Crippen molar-refractivity contribution in [3.05, 3.63) is 54.1 Å². The molecule has 0 saturated carbocycles. The van der Waals surface area contributed by atoms with Gasteiger partial charge in [0, 0.05) is 12.6 Å². The van der Waals surface area contributed by atoms with Crippen molar-refractivity contribution in [2.45, 2.75) is 19.3 Å². The van der Waals surface area contributed by atoms with Crippen molar-refractivity contribution >= 4 is 27.3 Å². The Balaban J connectivity index is 1.68. The van der Waals surface area contributed by atoms with Gasteiger partial charge in [0.2, 0.25) is 0 Å². The Kier molecular flexibility index (Phi) is 4.77. The van der Waals surface area contributed by atoms with Crippen molar-refractivity contribution in [2.24, 2.45) is 5.92 Å². The van der Waals surface area contributed by atoms with Crippen LogP contribution in [-0.2, 0) is 10.2 Å². The van der Waals surface area contributed by atoms with Gasteiger partial charge in [-0.15, -0.1) is 0 Å². The molecule has 8 heteroatoms. The second-order valence-corrected chi connectivity index (χ2v) is 8.62. The zero-order valence-electron chi connectivity index (χ0n) is 14.7. The van der Waals surface area contributed by atoms with Gasteiger partial charge in [-0.05, 0) is 62.5 Å². The molecule has 1 N–H and O–H groups in total. The maximum Gasteiger partial charge on any atom is 0.330 e. The SMILES string of the molecule is O=S1(=O)N(CCC2CCNCC2)c2ccccc2N1c1ccc(F)c(F)c1. The topological polar surface area (TPSA) is 52.7 Å². The van der Waals surface area contributed by atoms with E-state index in [1.807, 2.05) is 0 Å². The highest BCUT2D eigenvalue weighted by Crippen LogP contribution is 2.45. The summed E-state index contributed by atoms with van der Waals surface area (Å²) >= 11 is 0. The lowest BCUT2D eigenvalue weighted by molar-refractivity contribution is 0.358. The summed E-state index contributed by atoms with van der Waals surface area (Å²) in [5, 5.41) is 3.31. The summed E-state index contributed by atoms with van der Waals surface area (Å²) in [5.41, 5.74) is 1.11.